The molecule has 4 nitrogen and oxygen atoms in total. The van der Waals surface area contributed by atoms with Crippen molar-refractivity contribution < 1.29 is 13.2 Å². The maximum absolute atomic E-state index is 12.3. The average Bonchev–Trinajstić information content (AvgIpc) is 2.37. The monoisotopic (exact) mass is 301 g/mol. The summed E-state index contributed by atoms with van der Waals surface area (Å²) in [6.45, 7) is 1.96. The molecule has 0 aliphatic carbocycles. The Morgan fingerprint density at radius 2 is 2.00 bits per heavy atom. The lowest BCUT2D eigenvalue weighted by Gasteiger charge is -2.34. The van der Waals surface area contributed by atoms with Gasteiger partial charge in [0, 0.05) is 12.6 Å². The molecule has 0 bridgehead atoms. The Kier molecular flexibility index (Phi) is 4.16. The van der Waals surface area contributed by atoms with Crippen LogP contribution in [0.1, 0.15) is 17.9 Å². The number of nitrogens with zero attached hydrogens (tertiary/aromatic N) is 1. The fraction of sp³-hybridized carbons (Fsp3) is 0.462. The summed E-state index contributed by atoms with van der Waals surface area (Å²) in [5, 5.41) is -0.760. The summed E-state index contributed by atoms with van der Waals surface area (Å²) in [7, 11) is -3.03. The van der Waals surface area contributed by atoms with Crippen LogP contribution in [0, 0.1) is 0 Å². The molecule has 2 rings (SSSR count). The SMILES string of the molecule is CC1CS(=O)(=O)CCN1C(=O)C(Cl)c1ccccc1. The van der Waals surface area contributed by atoms with Gasteiger partial charge in [-0.1, -0.05) is 30.3 Å². The van der Waals surface area contributed by atoms with E-state index in [1.54, 1.807) is 24.0 Å². The van der Waals surface area contributed by atoms with Crippen molar-refractivity contribution in [3.05, 3.63) is 35.9 Å². The summed E-state index contributed by atoms with van der Waals surface area (Å²) in [4.78, 5) is 13.9. The third kappa shape index (κ3) is 3.28. The topological polar surface area (TPSA) is 54.5 Å². The van der Waals surface area contributed by atoms with E-state index in [2.05, 4.69) is 0 Å². The Morgan fingerprint density at radius 1 is 1.37 bits per heavy atom. The minimum atomic E-state index is -3.03. The van der Waals surface area contributed by atoms with Gasteiger partial charge in [-0.25, -0.2) is 8.42 Å². The second kappa shape index (κ2) is 5.51. The minimum absolute atomic E-state index is 0.0111. The van der Waals surface area contributed by atoms with Gasteiger partial charge in [-0.3, -0.25) is 4.79 Å². The molecule has 0 spiro atoms. The van der Waals surface area contributed by atoms with Crippen LogP contribution in [0.4, 0.5) is 0 Å². The molecule has 1 fully saturated rings. The largest absolute Gasteiger partial charge is 0.336 e. The summed E-state index contributed by atoms with van der Waals surface area (Å²) in [5.74, 6) is -0.200. The summed E-state index contributed by atoms with van der Waals surface area (Å²) >= 11 is 6.19. The molecule has 1 aromatic rings. The second-order valence-electron chi connectivity index (χ2n) is 4.77. The number of amides is 1. The van der Waals surface area contributed by atoms with Crippen molar-refractivity contribution in [3.8, 4) is 0 Å². The Hall–Kier alpha value is -1.07. The number of sulfone groups is 1. The molecule has 2 atom stereocenters. The third-order valence-corrected chi connectivity index (χ3v) is 5.50. The molecule has 0 aromatic heterocycles. The van der Waals surface area contributed by atoms with E-state index in [0.29, 0.717) is 0 Å². The van der Waals surface area contributed by atoms with E-state index >= 15 is 0 Å². The molecule has 1 aliphatic heterocycles. The lowest BCUT2D eigenvalue weighted by Crippen LogP contribution is -2.50. The van der Waals surface area contributed by atoms with Gasteiger partial charge in [0.05, 0.1) is 11.5 Å². The first-order valence-electron chi connectivity index (χ1n) is 6.10. The van der Waals surface area contributed by atoms with Crippen molar-refractivity contribution in [1.29, 1.82) is 0 Å². The summed E-state index contributed by atoms with van der Waals surface area (Å²) in [5.41, 5.74) is 0.731. The molecule has 6 heteroatoms. The van der Waals surface area contributed by atoms with Crippen LogP contribution in [-0.2, 0) is 14.6 Å². The highest BCUT2D eigenvalue weighted by molar-refractivity contribution is 7.91. The highest BCUT2D eigenvalue weighted by atomic mass is 35.5. The molecular formula is C13H16ClNO3S. The molecule has 1 saturated heterocycles. The van der Waals surface area contributed by atoms with Crippen LogP contribution >= 0.6 is 11.6 Å². The molecule has 0 radical (unpaired) electrons. The number of carbonyl (C=O) groups is 1. The highest BCUT2D eigenvalue weighted by Gasteiger charge is 2.34. The van der Waals surface area contributed by atoms with Crippen LogP contribution in [-0.4, -0.2) is 43.3 Å². The summed E-state index contributed by atoms with van der Waals surface area (Å²) in [6.07, 6.45) is 0. The zero-order chi connectivity index (χ0) is 14.0. The van der Waals surface area contributed by atoms with Gasteiger partial charge >= 0.3 is 0 Å². The van der Waals surface area contributed by atoms with Gasteiger partial charge in [0.2, 0.25) is 5.91 Å². The first-order chi connectivity index (χ1) is 8.91. The molecule has 1 aromatic carbocycles. The quantitative estimate of drug-likeness (QED) is 0.780. The van der Waals surface area contributed by atoms with E-state index < -0.39 is 15.2 Å². The number of rotatable bonds is 2. The molecule has 19 heavy (non-hydrogen) atoms. The Morgan fingerprint density at radius 3 is 2.58 bits per heavy atom. The highest BCUT2D eigenvalue weighted by Crippen LogP contribution is 2.25. The number of hydrogen-bond acceptors (Lipinski definition) is 3. The predicted molar refractivity (Wildman–Crippen MR) is 74.9 cm³/mol. The zero-order valence-corrected chi connectivity index (χ0v) is 12.2. The normalized spacial score (nSPS) is 23.9. The van der Waals surface area contributed by atoms with Crippen molar-refractivity contribution in [2.45, 2.75) is 18.3 Å². The van der Waals surface area contributed by atoms with Gasteiger partial charge < -0.3 is 4.90 Å². The smallest absolute Gasteiger partial charge is 0.245 e. The van der Waals surface area contributed by atoms with Gasteiger partial charge in [-0.05, 0) is 12.5 Å². The number of carbonyl (C=O) groups excluding carboxylic acids is 1. The zero-order valence-electron chi connectivity index (χ0n) is 10.6. The van der Waals surface area contributed by atoms with Crippen molar-refractivity contribution >= 4 is 27.3 Å². The van der Waals surface area contributed by atoms with Gasteiger partial charge in [-0.2, -0.15) is 0 Å². The summed E-state index contributed by atoms with van der Waals surface area (Å²) in [6, 6.07) is 8.76. The van der Waals surface area contributed by atoms with Crippen LogP contribution in [0.25, 0.3) is 0 Å². The van der Waals surface area contributed by atoms with Crippen LogP contribution < -0.4 is 0 Å². The van der Waals surface area contributed by atoms with Crippen molar-refractivity contribution in [2.75, 3.05) is 18.1 Å². The molecule has 104 valence electrons. The van der Waals surface area contributed by atoms with Crippen molar-refractivity contribution in [3.63, 3.8) is 0 Å². The lowest BCUT2D eigenvalue weighted by atomic mass is 10.1. The molecule has 0 N–H and O–H groups in total. The van der Waals surface area contributed by atoms with E-state index in [4.69, 9.17) is 11.6 Å². The standard InChI is InChI=1S/C13H16ClNO3S/c1-10-9-19(17,18)8-7-15(10)13(16)12(14)11-5-3-2-4-6-11/h2-6,10,12H,7-9H2,1H3. The first-order valence-corrected chi connectivity index (χ1v) is 8.36. The molecule has 1 amide bonds. The van der Waals surface area contributed by atoms with E-state index in [1.165, 1.54) is 0 Å². The molecular weight excluding hydrogens is 286 g/mol. The van der Waals surface area contributed by atoms with Gasteiger partial charge in [0.15, 0.2) is 9.84 Å². The Labute approximate surface area is 118 Å². The molecule has 2 unspecified atom stereocenters. The fourth-order valence-corrected chi connectivity index (χ4v) is 4.06. The minimum Gasteiger partial charge on any atom is -0.336 e. The number of alkyl halides is 1. The van der Waals surface area contributed by atoms with Gasteiger partial charge in [0.1, 0.15) is 5.38 Å². The maximum atomic E-state index is 12.3. The van der Waals surface area contributed by atoms with E-state index in [1.807, 2.05) is 18.2 Å². The number of hydrogen-bond donors (Lipinski definition) is 0. The summed E-state index contributed by atoms with van der Waals surface area (Å²) < 4.78 is 23.0. The fourth-order valence-electron chi connectivity index (χ4n) is 2.24. The van der Waals surface area contributed by atoms with E-state index in [9.17, 15) is 13.2 Å². The Balaban J connectivity index is 2.12. The van der Waals surface area contributed by atoms with Crippen LogP contribution in [0.2, 0.25) is 0 Å². The molecule has 1 heterocycles. The van der Waals surface area contributed by atoms with Gasteiger partial charge in [-0.15, -0.1) is 11.6 Å². The van der Waals surface area contributed by atoms with Crippen molar-refractivity contribution in [2.24, 2.45) is 0 Å². The molecule has 0 saturated carbocycles. The van der Waals surface area contributed by atoms with Crippen molar-refractivity contribution in [1.82, 2.24) is 4.90 Å². The van der Waals surface area contributed by atoms with Crippen LogP contribution in [0.3, 0.4) is 0 Å². The predicted octanol–water partition coefficient (Wildman–Crippen LogP) is 1.61. The molecule has 1 aliphatic rings. The lowest BCUT2D eigenvalue weighted by molar-refractivity contribution is -0.132. The van der Waals surface area contributed by atoms with E-state index in [-0.39, 0.29) is 30.0 Å². The average molecular weight is 302 g/mol. The third-order valence-electron chi connectivity index (χ3n) is 3.26. The van der Waals surface area contributed by atoms with Crippen LogP contribution in [0.15, 0.2) is 30.3 Å². The maximum Gasteiger partial charge on any atom is 0.245 e. The van der Waals surface area contributed by atoms with Gasteiger partial charge in [0.25, 0.3) is 0 Å². The second-order valence-corrected chi connectivity index (χ2v) is 7.43. The Bertz CT molecular complexity index is 559. The number of benzene rings is 1. The van der Waals surface area contributed by atoms with Crippen LogP contribution in [0.5, 0.6) is 0 Å². The number of halogens is 1. The first kappa shape index (κ1) is 14.3. The van der Waals surface area contributed by atoms with E-state index in [0.717, 1.165) is 5.56 Å².